The lowest BCUT2D eigenvalue weighted by Gasteiger charge is -2.27. The molecule has 6 rings (SSSR count). The average Bonchev–Trinajstić information content (AvgIpc) is 3.70. The van der Waals surface area contributed by atoms with Gasteiger partial charge >= 0.3 is 0 Å². The van der Waals surface area contributed by atoms with Crippen LogP contribution in [0.3, 0.4) is 0 Å². The topological polar surface area (TPSA) is 12.0 Å². The summed E-state index contributed by atoms with van der Waals surface area (Å²) in [5.74, 6) is 0.549. The first kappa shape index (κ1) is 20.7. The van der Waals surface area contributed by atoms with Crippen LogP contribution in [0.25, 0.3) is 11.1 Å². The third-order valence-corrected chi connectivity index (χ3v) is 7.37. The van der Waals surface area contributed by atoms with Gasteiger partial charge in [-0.1, -0.05) is 115 Å². The first-order valence-electron chi connectivity index (χ1n) is 12.2. The Hall–Kier alpha value is -3.84. The predicted molar refractivity (Wildman–Crippen MR) is 143 cm³/mol. The van der Waals surface area contributed by atoms with Crippen molar-refractivity contribution in [2.24, 2.45) is 5.92 Å². The minimum absolute atomic E-state index is 0.0499. The molecule has 166 valence electrons. The van der Waals surface area contributed by atoms with Gasteiger partial charge in [-0.3, -0.25) is 0 Å². The minimum atomic E-state index is 0.0499. The lowest BCUT2D eigenvalue weighted by Crippen LogP contribution is -2.22. The molecule has 1 N–H and O–H groups in total. The molecule has 0 heterocycles. The Labute approximate surface area is 202 Å². The highest BCUT2D eigenvalue weighted by atomic mass is 14.9. The summed E-state index contributed by atoms with van der Waals surface area (Å²) in [6.07, 6.45) is 19.1. The fourth-order valence-corrected chi connectivity index (χ4v) is 5.52. The van der Waals surface area contributed by atoms with E-state index in [4.69, 9.17) is 0 Å². The van der Waals surface area contributed by atoms with E-state index in [1.165, 1.54) is 28.0 Å². The molecule has 3 aromatic rings. The number of benzene rings is 3. The third kappa shape index (κ3) is 3.88. The van der Waals surface area contributed by atoms with Crippen molar-refractivity contribution in [3.63, 3.8) is 0 Å². The maximum absolute atomic E-state index is 3.80. The van der Waals surface area contributed by atoms with Crippen LogP contribution in [0.5, 0.6) is 0 Å². The molecule has 3 aromatic carbocycles. The molecular formula is C33H29N. The largest absolute Gasteiger partial charge is 0.358 e. The normalized spacial score (nSPS) is 22.7. The first-order chi connectivity index (χ1) is 16.8. The fourth-order valence-electron chi connectivity index (χ4n) is 5.52. The van der Waals surface area contributed by atoms with E-state index in [-0.39, 0.29) is 5.41 Å². The Morgan fingerprint density at radius 1 is 0.735 bits per heavy atom. The van der Waals surface area contributed by atoms with Crippen LogP contribution in [0.4, 0.5) is 5.69 Å². The summed E-state index contributed by atoms with van der Waals surface area (Å²) >= 11 is 0. The minimum Gasteiger partial charge on any atom is -0.358 e. The standard InChI is InChI=1S/C33H29N/c1-2-6-12-25(11-5-1)23-28-19-22-32(33(24-31(28)33)29-15-9-4-10-16-29)34-30-20-17-27(18-21-30)26-13-7-3-8-14-26/h1,3-22,31,34H,2,23-24H2. The number of hydrogen-bond donors (Lipinski definition) is 1. The SMILES string of the molecule is C1=CCC=CC(CC2=CC=C(Nc3ccc(-c4ccccc4)cc3)C3(c4ccccc4)CC23)=C1. The molecule has 0 radical (unpaired) electrons. The van der Waals surface area contributed by atoms with Crippen molar-refractivity contribution in [3.05, 3.63) is 150 Å². The number of nitrogens with one attached hydrogen (secondary N) is 1. The maximum Gasteiger partial charge on any atom is 0.0425 e. The van der Waals surface area contributed by atoms with Gasteiger partial charge in [0.2, 0.25) is 0 Å². The Bertz CT molecular complexity index is 1320. The van der Waals surface area contributed by atoms with Crippen LogP contribution in [0.2, 0.25) is 0 Å². The van der Waals surface area contributed by atoms with Crippen molar-refractivity contribution >= 4 is 5.69 Å². The van der Waals surface area contributed by atoms with E-state index >= 15 is 0 Å². The van der Waals surface area contributed by atoms with Gasteiger partial charge in [-0.25, -0.2) is 0 Å². The zero-order chi connectivity index (χ0) is 22.8. The fraction of sp³-hybridized carbons (Fsp3) is 0.152. The molecule has 1 nitrogen and oxygen atoms in total. The van der Waals surface area contributed by atoms with Gasteiger partial charge in [0, 0.05) is 16.8 Å². The molecule has 1 fully saturated rings. The van der Waals surface area contributed by atoms with E-state index in [9.17, 15) is 0 Å². The zero-order valence-electron chi connectivity index (χ0n) is 19.3. The van der Waals surface area contributed by atoms with Crippen molar-refractivity contribution in [2.75, 3.05) is 5.32 Å². The Morgan fingerprint density at radius 3 is 2.26 bits per heavy atom. The Kier molecular flexibility index (Phi) is 5.39. The van der Waals surface area contributed by atoms with Crippen LogP contribution in [0.1, 0.15) is 24.8 Å². The molecular weight excluding hydrogens is 410 g/mol. The highest BCUT2D eigenvalue weighted by Crippen LogP contribution is 2.64. The number of anilines is 1. The second-order valence-electron chi connectivity index (χ2n) is 9.47. The Balaban J connectivity index is 1.30. The van der Waals surface area contributed by atoms with Gasteiger partial charge in [-0.2, -0.15) is 0 Å². The molecule has 1 saturated carbocycles. The van der Waals surface area contributed by atoms with Crippen molar-refractivity contribution < 1.29 is 0 Å². The van der Waals surface area contributed by atoms with Crippen LogP contribution in [0, 0.1) is 5.92 Å². The van der Waals surface area contributed by atoms with Gasteiger partial charge in [0.15, 0.2) is 0 Å². The quantitative estimate of drug-likeness (QED) is 0.407. The molecule has 0 amide bonds. The molecule has 2 atom stereocenters. The summed E-state index contributed by atoms with van der Waals surface area (Å²) in [5.41, 5.74) is 9.35. The first-order valence-corrected chi connectivity index (χ1v) is 12.2. The summed E-state index contributed by atoms with van der Waals surface area (Å²) in [5, 5.41) is 3.80. The maximum atomic E-state index is 3.80. The van der Waals surface area contributed by atoms with E-state index in [0.29, 0.717) is 5.92 Å². The summed E-state index contributed by atoms with van der Waals surface area (Å²) in [6, 6.07) is 30.4. The predicted octanol–water partition coefficient (Wildman–Crippen LogP) is 8.38. The van der Waals surface area contributed by atoms with E-state index < -0.39 is 0 Å². The van der Waals surface area contributed by atoms with Crippen molar-refractivity contribution in [1.82, 2.24) is 0 Å². The van der Waals surface area contributed by atoms with Crippen LogP contribution in [-0.2, 0) is 5.41 Å². The zero-order valence-corrected chi connectivity index (χ0v) is 19.3. The van der Waals surface area contributed by atoms with Gasteiger partial charge in [0.05, 0.1) is 0 Å². The lowest BCUT2D eigenvalue weighted by molar-refractivity contribution is 0.726. The molecule has 1 heteroatoms. The van der Waals surface area contributed by atoms with Crippen molar-refractivity contribution in [3.8, 4) is 11.1 Å². The van der Waals surface area contributed by atoms with Crippen LogP contribution >= 0.6 is 0 Å². The molecule has 3 aliphatic carbocycles. The van der Waals surface area contributed by atoms with Crippen molar-refractivity contribution in [2.45, 2.75) is 24.7 Å². The third-order valence-electron chi connectivity index (χ3n) is 7.37. The number of allylic oxidation sites excluding steroid dienone is 10. The van der Waals surface area contributed by atoms with Gasteiger partial charge in [0.25, 0.3) is 0 Å². The number of fused-ring (bicyclic) bond motifs is 1. The summed E-state index contributed by atoms with van der Waals surface area (Å²) in [7, 11) is 0. The molecule has 3 aliphatic rings. The van der Waals surface area contributed by atoms with Crippen LogP contribution in [0.15, 0.2) is 144 Å². The van der Waals surface area contributed by atoms with Gasteiger partial charge in [-0.05, 0) is 65.7 Å². The average molecular weight is 440 g/mol. The summed E-state index contributed by atoms with van der Waals surface area (Å²) in [6.45, 7) is 0. The van der Waals surface area contributed by atoms with Crippen LogP contribution < -0.4 is 5.32 Å². The van der Waals surface area contributed by atoms with Gasteiger partial charge < -0.3 is 5.32 Å². The summed E-state index contributed by atoms with van der Waals surface area (Å²) < 4.78 is 0. The smallest absolute Gasteiger partial charge is 0.0425 e. The molecule has 0 bridgehead atoms. The summed E-state index contributed by atoms with van der Waals surface area (Å²) in [4.78, 5) is 0. The second kappa shape index (κ2) is 8.83. The highest BCUT2D eigenvalue weighted by molar-refractivity contribution is 5.68. The molecule has 0 saturated heterocycles. The second-order valence-corrected chi connectivity index (χ2v) is 9.47. The monoisotopic (exact) mass is 439 g/mol. The van der Waals surface area contributed by atoms with E-state index in [0.717, 1.165) is 24.9 Å². The molecule has 0 aromatic heterocycles. The number of hydrogen-bond acceptors (Lipinski definition) is 1. The van der Waals surface area contributed by atoms with Gasteiger partial charge in [-0.15, -0.1) is 0 Å². The number of rotatable bonds is 6. The Morgan fingerprint density at radius 2 is 1.47 bits per heavy atom. The van der Waals surface area contributed by atoms with Crippen molar-refractivity contribution in [1.29, 1.82) is 0 Å². The lowest BCUT2D eigenvalue weighted by atomic mass is 9.82. The molecule has 34 heavy (non-hydrogen) atoms. The molecule has 0 aliphatic heterocycles. The highest BCUT2D eigenvalue weighted by Gasteiger charge is 2.60. The van der Waals surface area contributed by atoms with E-state index in [2.05, 4.69) is 133 Å². The molecule has 2 unspecified atom stereocenters. The van der Waals surface area contributed by atoms with Gasteiger partial charge in [0.1, 0.15) is 0 Å². The van der Waals surface area contributed by atoms with E-state index in [1.54, 1.807) is 5.57 Å². The molecule has 0 spiro atoms. The van der Waals surface area contributed by atoms with Crippen LogP contribution in [-0.4, -0.2) is 0 Å². The van der Waals surface area contributed by atoms with E-state index in [1.807, 2.05) is 0 Å².